The molecule has 1 heterocycles. The molecule has 2 N–H and O–H groups in total. The first-order chi connectivity index (χ1) is 9.61. The summed E-state index contributed by atoms with van der Waals surface area (Å²) in [5, 5.41) is 0.696. The first-order valence-electron chi connectivity index (χ1n) is 7.08. The standard InChI is InChI=1S/C16H21ClN2O/c1-12-3-2-4-15(11-18)19(12)16(20)10-7-13-5-8-14(17)9-6-13/h5-10,12,15H,2-4,11,18H2,1H3. The molecule has 1 aliphatic rings. The summed E-state index contributed by atoms with van der Waals surface area (Å²) in [5.74, 6) is 0.0441. The van der Waals surface area contributed by atoms with Crippen LogP contribution in [0.3, 0.4) is 0 Å². The topological polar surface area (TPSA) is 46.3 Å². The first kappa shape index (κ1) is 15.1. The Morgan fingerprint density at radius 2 is 2.10 bits per heavy atom. The predicted octanol–water partition coefficient (Wildman–Crippen LogP) is 3.08. The maximum Gasteiger partial charge on any atom is 0.247 e. The summed E-state index contributed by atoms with van der Waals surface area (Å²) in [6, 6.07) is 7.86. The second-order valence-electron chi connectivity index (χ2n) is 5.30. The second kappa shape index (κ2) is 6.91. The molecular weight excluding hydrogens is 272 g/mol. The summed E-state index contributed by atoms with van der Waals surface area (Å²) in [5.41, 5.74) is 6.75. The number of piperidine rings is 1. The molecule has 1 saturated heterocycles. The minimum atomic E-state index is 0.0441. The quantitative estimate of drug-likeness (QED) is 0.870. The SMILES string of the molecule is CC1CCCC(CN)N1C(=O)C=Cc1ccc(Cl)cc1. The third kappa shape index (κ3) is 3.62. The molecule has 1 aromatic rings. The molecule has 2 rings (SSSR count). The molecule has 1 aromatic carbocycles. The molecule has 0 bridgehead atoms. The molecule has 0 spiro atoms. The number of nitrogens with two attached hydrogens (primary N) is 1. The lowest BCUT2D eigenvalue weighted by molar-refractivity contribution is -0.132. The van der Waals surface area contributed by atoms with E-state index in [9.17, 15) is 4.79 Å². The fraction of sp³-hybridized carbons (Fsp3) is 0.438. The van der Waals surface area contributed by atoms with Crippen LogP contribution in [-0.2, 0) is 4.79 Å². The number of hydrogen-bond donors (Lipinski definition) is 1. The van der Waals surface area contributed by atoms with Crippen molar-refractivity contribution in [1.82, 2.24) is 4.90 Å². The van der Waals surface area contributed by atoms with E-state index >= 15 is 0 Å². The third-order valence-electron chi connectivity index (χ3n) is 3.84. The van der Waals surface area contributed by atoms with Gasteiger partial charge in [0.25, 0.3) is 0 Å². The lowest BCUT2D eigenvalue weighted by atomic mass is 9.96. The molecule has 1 fully saturated rings. The van der Waals surface area contributed by atoms with E-state index in [1.54, 1.807) is 6.08 Å². The number of carbonyl (C=O) groups excluding carboxylic acids is 1. The van der Waals surface area contributed by atoms with Crippen LogP contribution in [0.1, 0.15) is 31.7 Å². The van der Waals surface area contributed by atoms with Crippen LogP contribution in [-0.4, -0.2) is 29.4 Å². The van der Waals surface area contributed by atoms with Crippen LogP contribution < -0.4 is 5.73 Å². The van der Waals surface area contributed by atoms with Crippen LogP contribution >= 0.6 is 11.6 Å². The van der Waals surface area contributed by atoms with Crippen molar-refractivity contribution >= 4 is 23.6 Å². The molecule has 0 saturated carbocycles. The molecular formula is C16H21ClN2O. The summed E-state index contributed by atoms with van der Waals surface area (Å²) in [6.45, 7) is 2.63. The molecule has 3 nitrogen and oxygen atoms in total. The number of hydrogen-bond acceptors (Lipinski definition) is 2. The highest BCUT2D eigenvalue weighted by atomic mass is 35.5. The van der Waals surface area contributed by atoms with Crippen molar-refractivity contribution in [2.24, 2.45) is 5.73 Å². The Bertz CT molecular complexity index is 484. The minimum Gasteiger partial charge on any atom is -0.332 e. The van der Waals surface area contributed by atoms with Crippen LogP contribution in [0.5, 0.6) is 0 Å². The number of likely N-dealkylation sites (tertiary alicyclic amines) is 1. The minimum absolute atomic E-state index is 0.0441. The largest absolute Gasteiger partial charge is 0.332 e. The van der Waals surface area contributed by atoms with Gasteiger partial charge in [-0.2, -0.15) is 0 Å². The van der Waals surface area contributed by atoms with Gasteiger partial charge in [-0.1, -0.05) is 23.7 Å². The number of amides is 1. The van der Waals surface area contributed by atoms with Crippen molar-refractivity contribution in [3.63, 3.8) is 0 Å². The van der Waals surface area contributed by atoms with Gasteiger partial charge in [0.05, 0.1) is 0 Å². The fourth-order valence-corrected chi connectivity index (χ4v) is 2.87. The third-order valence-corrected chi connectivity index (χ3v) is 4.09. The van der Waals surface area contributed by atoms with Crippen LogP contribution in [0, 0.1) is 0 Å². The van der Waals surface area contributed by atoms with Crippen LogP contribution in [0.15, 0.2) is 30.3 Å². The zero-order chi connectivity index (χ0) is 14.5. The Hall–Kier alpha value is -1.32. The van der Waals surface area contributed by atoms with Crippen LogP contribution in [0.2, 0.25) is 5.02 Å². The van der Waals surface area contributed by atoms with Crippen molar-refractivity contribution in [1.29, 1.82) is 0 Å². The second-order valence-corrected chi connectivity index (χ2v) is 5.74. The van der Waals surface area contributed by atoms with E-state index in [0.717, 1.165) is 24.8 Å². The average Bonchev–Trinajstić information content (AvgIpc) is 2.46. The van der Waals surface area contributed by atoms with E-state index < -0.39 is 0 Å². The molecule has 2 unspecified atom stereocenters. The summed E-state index contributed by atoms with van der Waals surface area (Å²) < 4.78 is 0. The molecule has 4 heteroatoms. The number of benzene rings is 1. The predicted molar refractivity (Wildman–Crippen MR) is 83.5 cm³/mol. The molecule has 0 aliphatic carbocycles. The summed E-state index contributed by atoms with van der Waals surface area (Å²) in [6.07, 6.45) is 6.66. The Kier molecular flexibility index (Phi) is 5.21. The van der Waals surface area contributed by atoms with Gasteiger partial charge in [0.2, 0.25) is 5.91 Å². The van der Waals surface area contributed by atoms with E-state index in [-0.39, 0.29) is 18.0 Å². The van der Waals surface area contributed by atoms with E-state index in [1.807, 2.05) is 35.2 Å². The monoisotopic (exact) mass is 292 g/mol. The lowest BCUT2D eigenvalue weighted by Gasteiger charge is -2.39. The van der Waals surface area contributed by atoms with Gasteiger partial charge < -0.3 is 10.6 Å². The highest BCUT2D eigenvalue weighted by Crippen LogP contribution is 2.22. The van der Waals surface area contributed by atoms with Gasteiger partial charge in [0.15, 0.2) is 0 Å². The first-order valence-corrected chi connectivity index (χ1v) is 7.45. The molecule has 0 aromatic heterocycles. The van der Waals surface area contributed by atoms with Gasteiger partial charge in [-0.25, -0.2) is 0 Å². The van der Waals surface area contributed by atoms with Crippen molar-refractivity contribution in [3.8, 4) is 0 Å². The van der Waals surface area contributed by atoms with Crippen LogP contribution in [0.25, 0.3) is 6.08 Å². The highest BCUT2D eigenvalue weighted by Gasteiger charge is 2.29. The van der Waals surface area contributed by atoms with E-state index in [4.69, 9.17) is 17.3 Å². The smallest absolute Gasteiger partial charge is 0.247 e. The average molecular weight is 293 g/mol. The Balaban J connectivity index is 2.07. The van der Waals surface area contributed by atoms with Gasteiger partial charge in [-0.3, -0.25) is 4.79 Å². The van der Waals surface area contributed by atoms with E-state index in [2.05, 4.69) is 6.92 Å². The lowest BCUT2D eigenvalue weighted by Crippen LogP contribution is -2.51. The molecule has 20 heavy (non-hydrogen) atoms. The van der Waals surface area contributed by atoms with Gasteiger partial charge in [0, 0.05) is 29.7 Å². The van der Waals surface area contributed by atoms with Gasteiger partial charge >= 0.3 is 0 Å². The van der Waals surface area contributed by atoms with E-state index in [0.29, 0.717) is 11.6 Å². The zero-order valence-electron chi connectivity index (χ0n) is 11.8. The summed E-state index contributed by atoms with van der Waals surface area (Å²) in [7, 11) is 0. The Labute approximate surface area is 125 Å². The molecule has 108 valence electrons. The molecule has 1 amide bonds. The number of halogens is 1. The normalized spacial score (nSPS) is 23.2. The van der Waals surface area contributed by atoms with E-state index in [1.165, 1.54) is 0 Å². The maximum atomic E-state index is 12.4. The van der Waals surface area contributed by atoms with Crippen molar-refractivity contribution < 1.29 is 4.79 Å². The fourth-order valence-electron chi connectivity index (χ4n) is 2.74. The molecule has 1 aliphatic heterocycles. The number of rotatable bonds is 3. The Morgan fingerprint density at radius 1 is 1.40 bits per heavy atom. The van der Waals surface area contributed by atoms with Gasteiger partial charge in [-0.15, -0.1) is 0 Å². The zero-order valence-corrected chi connectivity index (χ0v) is 12.5. The number of nitrogens with zero attached hydrogens (tertiary/aromatic N) is 1. The van der Waals surface area contributed by atoms with Crippen molar-refractivity contribution in [2.45, 2.75) is 38.3 Å². The van der Waals surface area contributed by atoms with Crippen molar-refractivity contribution in [3.05, 3.63) is 40.9 Å². The molecule has 0 radical (unpaired) electrons. The van der Waals surface area contributed by atoms with Gasteiger partial charge in [0.1, 0.15) is 0 Å². The maximum absolute atomic E-state index is 12.4. The number of carbonyl (C=O) groups is 1. The molecule has 2 atom stereocenters. The summed E-state index contributed by atoms with van der Waals surface area (Å²) in [4.78, 5) is 14.3. The van der Waals surface area contributed by atoms with Crippen LogP contribution in [0.4, 0.5) is 0 Å². The highest BCUT2D eigenvalue weighted by molar-refractivity contribution is 6.30. The van der Waals surface area contributed by atoms with Crippen molar-refractivity contribution in [2.75, 3.05) is 6.54 Å². The van der Waals surface area contributed by atoms with Gasteiger partial charge in [-0.05, 0) is 50.0 Å². The summed E-state index contributed by atoms with van der Waals surface area (Å²) >= 11 is 5.84. The Morgan fingerprint density at radius 3 is 2.75 bits per heavy atom.